The molecule has 0 saturated carbocycles. The summed E-state index contributed by atoms with van der Waals surface area (Å²) in [7, 11) is 0. The van der Waals surface area contributed by atoms with Crippen molar-refractivity contribution in [2.75, 3.05) is 0 Å². The van der Waals surface area contributed by atoms with E-state index in [1.54, 1.807) is 0 Å². The molecule has 0 aliphatic carbocycles. The largest absolute Gasteiger partial charge is 0.376 e. The Kier molecular flexibility index (Phi) is 27.9. The van der Waals surface area contributed by atoms with Gasteiger partial charge in [0.05, 0.1) is 0 Å². The van der Waals surface area contributed by atoms with E-state index < -0.39 is 5.60 Å². The van der Waals surface area contributed by atoms with E-state index >= 15 is 0 Å². The van der Waals surface area contributed by atoms with Crippen LogP contribution in [0.25, 0.3) is 0 Å². The molecule has 1 nitrogen and oxygen atoms in total. The van der Waals surface area contributed by atoms with Crippen LogP contribution < -0.4 is 0 Å². The molecule has 0 heterocycles. The molecule has 0 fully saturated rings. The predicted molar refractivity (Wildman–Crippen MR) is 248 cm³/mol. The van der Waals surface area contributed by atoms with E-state index in [0.29, 0.717) is 0 Å². The average Bonchev–Trinajstić information content (AvgIpc) is 3.24. The molecule has 0 radical (unpaired) electrons. The second-order valence-corrected chi connectivity index (χ2v) is 17.6. The molecule has 0 spiro atoms. The van der Waals surface area contributed by atoms with Gasteiger partial charge in [0.1, 0.15) is 5.60 Å². The van der Waals surface area contributed by atoms with Gasteiger partial charge in [-0.2, -0.15) is 0 Å². The summed E-state index contributed by atoms with van der Waals surface area (Å²) < 4.78 is 0. The van der Waals surface area contributed by atoms with Crippen molar-refractivity contribution in [2.45, 2.75) is 238 Å². The van der Waals surface area contributed by atoms with Crippen molar-refractivity contribution in [3.05, 3.63) is 107 Å². The van der Waals surface area contributed by atoms with E-state index in [-0.39, 0.29) is 0 Å². The third-order valence-corrected chi connectivity index (χ3v) is 12.6. The summed E-state index contributed by atoms with van der Waals surface area (Å²) in [6.07, 6.45) is 47.2. The van der Waals surface area contributed by atoms with Crippen molar-refractivity contribution in [1.82, 2.24) is 0 Å². The molecule has 0 saturated heterocycles. The second-order valence-electron chi connectivity index (χ2n) is 17.6. The van der Waals surface area contributed by atoms with Gasteiger partial charge in [-0.25, -0.2) is 0 Å². The topological polar surface area (TPSA) is 20.2 Å². The van der Waals surface area contributed by atoms with Crippen LogP contribution in [0, 0.1) is 0 Å². The predicted octanol–water partition coefficient (Wildman–Crippen LogP) is 17.6. The Labute approximate surface area is 348 Å². The van der Waals surface area contributed by atoms with Crippen LogP contribution in [0.4, 0.5) is 0 Å². The molecule has 0 unspecified atom stereocenters. The van der Waals surface area contributed by atoms with Crippen molar-refractivity contribution in [1.29, 1.82) is 0 Å². The van der Waals surface area contributed by atoms with Crippen molar-refractivity contribution >= 4 is 0 Å². The van der Waals surface area contributed by atoms with Crippen molar-refractivity contribution in [3.8, 4) is 0 Å². The Morgan fingerprint density at radius 2 is 0.518 bits per heavy atom. The first-order chi connectivity index (χ1) is 27.7. The van der Waals surface area contributed by atoms with Gasteiger partial charge in [-0.15, -0.1) is 0 Å². The van der Waals surface area contributed by atoms with Gasteiger partial charge in [0.15, 0.2) is 0 Å². The number of unbranched alkanes of at least 4 members (excludes halogenated alkanes) is 30. The summed E-state index contributed by atoms with van der Waals surface area (Å²) in [6, 6.07) is 27.9. The Hall–Kier alpha value is -2.38. The lowest BCUT2D eigenvalue weighted by Crippen LogP contribution is -2.28. The van der Waals surface area contributed by atoms with Gasteiger partial charge in [-0.05, 0) is 53.5 Å². The molecule has 0 bridgehead atoms. The number of benzene rings is 3. The summed E-state index contributed by atoms with van der Waals surface area (Å²) >= 11 is 0. The third kappa shape index (κ3) is 20.9. The first kappa shape index (κ1) is 48.0. The molecule has 0 aliphatic heterocycles. The van der Waals surface area contributed by atoms with Crippen molar-refractivity contribution < 1.29 is 5.11 Å². The van der Waals surface area contributed by atoms with E-state index in [2.05, 4.69) is 74.5 Å². The van der Waals surface area contributed by atoms with Gasteiger partial charge < -0.3 is 5.11 Å². The first-order valence-electron chi connectivity index (χ1n) is 24.6. The lowest BCUT2D eigenvalue weighted by Gasteiger charge is -2.30. The minimum absolute atomic E-state index is 0.927. The van der Waals surface area contributed by atoms with Gasteiger partial charge in [-0.3, -0.25) is 0 Å². The third-order valence-electron chi connectivity index (χ3n) is 12.6. The highest BCUT2D eigenvalue weighted by atomic mass is 16.3. The number of hydrogen-bond donors (Lipinski definition) is 1. The first-order valence-corrected chi connectivity index (χ1v) is 24.6. The van der Waals surface area contributed by atoms with Gasteiger partial charge in [0.25, 0.3) is 0 Å². The number of hydrogen-bond acceptors (Lipinski definition) is 1. The monoisotopic (exact) mass is 765 g/mol. The van der Waals surface area contributed by atoms with E-state index in [1.807, 2.05) is 18.2 Å². The highest BCUT2D eigenvalue weighted by molar-refractivity contribution is 5.48. The second kappa shape index (κ2) is 32.6. The zero-order valence-corrected chi connectivity index (χ0v) is 37.0. The summed E-state index contributed by atoms with van der Waals surface area (Å²) in [6.45, 7) is 4.60. The highest BCUT2D eigenvalue weighted by Gasteiger charge is 2.33. The molecular weight excluding hydrogens is 677 g/mol. The normalized spacial score (nSPS) is 11.8. The number of rotatable bonds is 37. The molecular formula is C55H88O. The molecule has 56 heavy (non-hydrogen) atoms. The minimum atomic E-state index is -1.17. The van der Waals surface area contributed by atoms with Crippen LogP contribution in [0.1, 0.15) is 247 Å². The Balaban J connectivity index is 1.30. The van der Waals surface area contributed by atoms with E-state index in [1.165, 1.54) is 217 Å². The van der Waals surface area contributed by atoms with Crippen LogP contribution in [0.5, 0.6) is 0 Å². The molecule has 1 heteroatoms. The maximum absolute atomic E-state index is 12.5. The highest BCUT2D eigenvalue weighted by Crippen LogP contribution is 2.37. The van der Waals surface area contributed by atoms with Crippen LogP contribution >= 0.6 is 0 Å². The number of aliphatic hydroxyl groups is 1. The van der Waals surface area contributed by atoms with Crippen LogP contribution in [0.2, 0.25) is 0 Å². The van der Waals surface area contributed by atoms with Crippen molar-refractivity contribution in [2.24, 2.45) is 0 Å². The fourth-order valence-electron chi connectivity index (χ4n) is 8.76. The quantitative estimate of drug-likeness (QED) is 0.0458. The molecule has 0 amide bonds. The zero-order valence-electron chi connectivity index (χ0n) is 37.0. The zero-order chi connectivity index (χ0) is 39.6. The molecule has 0 aliphatic rings. The molecule has 314 valence electrons. The minimum Gasteiger partial charge on any atom is -0.376 e. The van der Waals surface area contributed by atoms with Crippen LogP contribution in [0.15, 0.2) is 78.9 Å². The van der Waals surface area contributed by atoms with E-state index in [0.717, 1.165) is 29.5 Å². The average molecular weight is 765 g/mol. The summed E-state index contributed by atoms with van der Waals surface area (Å²) in [5.41, 5.74) is 4.42. The lowest BCUT2D eigenvalue weighted by molar-refractivity contribution is 0.125. The summed E-state index contributed by atoms with van der Waals surface area (Å²) in [4.78, 5) is 0. The van der Waals surface area contributed by atoms with E-state index in [9.17, 15) is 5.11 Å². The van der Waals surface area contributed by atoms with Gasteiger partial charge in [-0.1, -0.05) is 285 Å². The standard InChI is InChI=1S/C55H88O/c1-3-5-7-9-11-13-15-17-19-21-23-25-27-29-31-34-38-50-42-46-53(47-43-50)55(56,52-40-36-33-37-41-52)54-48-44-51(45-49-54)39-35-32-30-28-26-24-22-20-18-16-14-12-10-8-6-4-2/h33,36-37,40-49,56H,3-32,34-35,38-39H2,1-2H3. The molecule has 1 N–H and O–H groups in total. The number of aryl methyl sites for hydroxylation is 2. The SMILES string of the molecule is CCCCCCCCCCCCCCCCCCc1ccc(C(O)(c2ccccc2)c2ccc(CCCCCCCCCCCCCCCCCC)cc2)cc1. The molecule has 3 rings (SSSR count). The fourth-order valence-corrected chi connectivity index (χ4v) is 8.76. The van der Waals surface area contributed by atoms with Gasteiger partial charge in [0, 0.05) is 0 Å². The van der Waals surface area contributed by atoms with Gasteiger partial charge >= 0.3 is 0 Å². The summed E-state index contributed by atoms with van der Waals surface area (Å²) in [5.74, 6) is 0. The molecule has 3 aromatic rings. The van der Waals surface area contributed by atoms with Crippen LogP contribution in [-0.4, -0.2) is 5.11 Å². The Bertz CT molecular complexity index is 1200. The molecule has 0 aromatic heterocycles. The van der Waals surface area contributed by atoms with Crippen LogP contribution in [-0.2, 0) is 18.4 Å². The van der Waals surface area contributed by atoms with Crippen molar-refractivity contribution in [3.63, 3.8) is 0 Å². The van der Waals surface area contributed by atoms with E-state index in [4.69, 9.17) is 0 Å². The van der Waals surface area contributed by atoms with Crippen LogP contribution in [0.3, 0.4) is 0 Å². The molecule has 3 aromatic carbocycles. The fraction of sp³-hybridized carbons (Fsp3) is 0.673. The Morgan fingerprint density at radius 3 is 0.786 bits per heavy atom. The maximum atomic E-state index is 12.5. The summed E-state index contributed by atoms with van der Waals surface area (Å²) in [5, 5.41) is 12.5. The maximum Gasteiger partial charge on any atom is 0.140 e. The van der Waals surface area contributed by atoms with Gasteiger partial charge in [0.2, 0.25) is 0 Å². The lowest BCUT2D eigenvalue weighted by atomic mass is 9.79. The molecule has 0 atom stereocenters. The Morgan fingerprint density at radius 1 is 0.286 bits per heavy atom. The smallest absolute Gasteiger partial charge is 0.140 e.